The third-order valence-electron chi connectivity index (χ3n) is 3.73. The molecule has 3 rings (SSSR count). The molecule has 0 spiro atoms. The van der Waals surface area contributed by atoms with Crippen LogP contribution in [0.4, 0.5) is 0 Å². The topological polar surface area (TPSA) is 69.8 Å². The summed E-state index contributed by atoms with van der Waals surface area (Å²) < 4.78 is 0. The summed E-state index contributed by atoms with van der Waals surface area (Å²) >= 11 is 0. The molecule has 0 bridgehead atoms. The number of hydrogen-bond donors (Lipinski definition) is 3. The summed E-state index contributed by atoms with van der Waals surface area (Å²) in [5.41, 5.74) is 1.99. The second-order valence-electron chi connectivity index (χ2n) is 5.29. The Kier molecular flexibility index (Phi) is 3.97. The summed E-state index contributed by atoms with van der Waals surface area (Å²) in [5, 5.41) is 6.40. The van der Waals surface area contributed by atoms with Crippen LogP contribution < -0.4 is 10.6 Å². The fourth-order valence-corrected chi connectivity index (χ4v) is 2.62. The van der Waals surface area contributed by atoms with Gasteiger partial charge in [0.25, 0.3) is 0 Å². The zero-order chi connectivity index (χ0) is 13.8. The molecule has 2 aromatic rings. The maximum atomic E-state index is 11.9. The number of imidazole rings is 1. The molecular formula is C15H20N4O. The summed E-state index contributed by atoms with van der Waals surface area (Å²) in [6.07, 6.45) is 3.20. The zero-order valence-electron chi connectivity index (χ0n) is 11.5. The first kappa shape index (κ1) is 13.1. The molecule has 0 unspecified atom stereocenters. The van der Waals surface area contributed by atoms with E-state index in [0.717, 1.165) is 42.8 Å². The zero-order valence-corrected chi connectivity index (χ0v) is 11.5. The average molecular weight is 272 g/mol. The maximum absolute atomic E-state index is 11.9. The lowest BCUT2D eigenvalue weighted by Crippen LogP contribution is -2.42. The van der Waals surface area contributed by atoms with Crippen LogP contribution in [0, 0.1) is 0 Å². The highest BCUT2D eigenvalue weighted by molar-refractivity contribution is 5.77. The van der Waals surface area contributed by atoms with E-state index >= 15 is 0 Å². The Hall–Kier alpha value is -1.88. The van der Waals surface area contributed by atoms with Gasteiger partial charge in [0.1, 0.15) is 5.82 Å². The second kappa shape index (κ2) is 6.05. The Bertz CT molecular complexity index is 553. The number of fused-ring (bicyclic) bond motifs is 1. The molecule has 1 aromatic carbocycles. The van der Waals surface area contributed by atoms with Gasteiger partial charge in [0.2, 0.25) is 5.91 Å². The Morgan fingerprint density at radius 2 is 2.10 bits per heavy atom. The first-order valence-corrected chi connectivity index (χ1v) is 7.25. The van der Waals surface area contributed by atoms with E-state index < -0.39 is 0 Å². The van der Waals surface area contributed by atoms with E-state index in [9.17, 15) is 4.79 Å². The second-order valence-corrected chi connectivity index (χ2v) is 5.29. The molecule has 3 N–H and O–H groups in total. The number of carbonyl (C=O) groups is 1. The molecule has 1 aromatic heterocycles. The lowest BCUT2D eigenvalue weighted by Gasteiger charge is -2.23. The van der Waals surface area contributed by atoms with Crippen molar-refractivity contribution in [1.29, 1.82) is 0 Å². The molecule has 1 amide bonds. The number of aromatic amines is 1. The third-order valence-corrected chi connectivity index (χ3v) is 3.73. The van der Waals surface area contributed by atoms with Gasteiger partial charge in [0.15, 0.2) is 0 Å². The highest BCUT2D eigenvalue weighted by Crippen LogP contribution is 2.11. The molecular weight excluding hydrogens is 252 g/mol. The van der Waals surface area contributed by atoms with Crippen molar-refractivity contribution >= 4 is 16.9 Å². The maximum Gasteiger partial charge on any atom is 0.220 e. The normalized spacial score (nSPS) is 16.4. The molecule has 0 atom stereocenters. The molecule has 1 aliphatic rings. The van der Waals surface area contributed by atoms with Crippen LogP contribution in [-0.4, -0.2) is 35.0 Å². The Labute approximate surface area is 118 Å². The van der Waals surface area contributed by atoms with Gasteiger partial charge in [-0.05, 0) is 38.1 Å². The summed E-state index contributed by atoms with van der Waals surface area (Å²) in [6.45, 7) is 1.99. The van der Waals surface area contributed by atoms with Gasteiger partial charge in [0.05, 0.1) is 11.0 Å². The fraction of sp³-hybridized carbons (Fsp3) is 0.467. The quantitative estimate of drug-likeness (QED) is 0.787. The average Bonchev–Trinajstić information content (AvgIpc) is 2.89. The number of H-pyrrole nitrogens is 1. The van der Waals surface area contributed by atoms with Crippen molar-refractivity contribution < 1.29 is 4.79 Å². The Morgan fingerprint density at radius 3 is 2.90 bits per heavy atom. The van der Waals surface area contributed by atoms with Gasteiger partial charge >= 0.3 is 0 Å². The first-order valence-electron chi connectivity index (χ1n) is 7.25. The number of nitrogens with zero attached hydrogens (tertiary/aromatic N) is 1. The van der Waals surface area contributed by atoms with Crippen LogP contribution in [0.15, 0.2) is 24.3 Å². The van der Waals surface area contributed by atoms with Gasteiger partial charge in [-0.3, -0.25) is 4.79 Å². The monoisotopic (exact) mass is 272 g/mol. The highest BCUT2D eigenvalue weighted by Gasteiger charge is 2.15. The van der Waals surface area contributed by atoms with Crippen molar-refractivity contribution in [2.24, 2.45) is 0 Å². The number of aromatic nitrogens is 2. The molecule has 106 valence electrons. The molecule has 0 saturated carbocycles. The van der Waals surface area contributed by atoms with E-state index in [0.29, 0.717) is 18.9 Å². The van der Waals surface area contributed by atoms with Crippen molar-refractivity contribution in [2.75, 3.05) is 13.1 Å². The van der Waals surface area contributed by atoms with Crippen molar-refractivity contribution in [3.8, 4) is 0 Å². The smallest absolute Gasteiger partial charge is 0.220 e. The minimum Gasteiger partial charge on any atom is -0.353 e. The standard InChI is InChI=1S/C15H20N4O/c20-15(17-11-7-9-16-10-8-11)6-5-14-18-12-3-1-2-4-13(12)19-14/h1-4,11,16H,5-10H2,(H,17,20)(H,18,19). The molecule has 0 radical (unpaired) electrons. The number of rotatable bonds is 4. The number of amides is 1. The van der Waals surface area contributed by atoms with Crippen LogP contribution in [0.1, 0.15) is 25.1 Å². The van der Waals surface area contributed by atoms with Crippen LogP contribution in [0.25, 0.3) is 11.0 Å². The minimum atomic E-state index is 0.123. The van der Waals surface area contributed by atoms with E-state index in [1.807, 2.05) is 24.3 Å². The number of carbonyl (C=O) groups excluding carboxylic acids is 1. The molecule has 5 nitrogen and oxygen atoms in total. The number of hydrogen-bond acceptors (Lipinski definition) is 3. The van der Waals surface area contributed by atoms with Gasteiger partial charge in [0, 0.05) is 18.9 Å². The molecule has 1 aliphatic heterocycles. The number of nitrogens with one attached hydrogen (secondary N) is 3. The molecule has 5 heteroatoms. The van der Waals surface area contributed by atoms with Crippen molar-refractivity contribution in [2.45, 2.75) is 31.7 Å². The van der Waals surface area contributed by atoms with Crippen molar-refractivity contribution in [1.82, 2.24) is 20.6 Å². The molecule has 20 heavy (non-hydrogen) atoms. The number of para-hydroxylation sites is 2. The van der Waals surface area contributed by atoms with Crippen molar-refractivity contribution in [3.05, 3.63) is 30.1 Å². The van der Waals surface area contributed by atoms with Gasteiger partial charge < -0.3 is 15.6 Å². The van der Waals surface area contributed by atoms with E-state index in [1.165, 1.54) is 0 Å². The third kappa shape index (κ3) is 3.17. The van der Waals surface area contributed by atoms with E-state index in [1.54, 1.807) is 0 Å². The fourth-order valence-electron chi connectivity index (χ4n) is 2.62. The first-order chi connectivity index (χ1) is 9.81. The van der Waals surface area contributed by atoms with E-state index in [-0.39, 0.29) is 5.91 Å². The van der Waals surface area contributed by atoms with E-state index in [4.69, 9.17) is 0 Å². The van der Waals surface area contributed by atoms with Gasteiger partial charge in [-0.15, -0.1) is 0 Å². The largest absolute Gasteiger partial charge is 0.353 e. The molecule has 1 saturated heterocycles. The molecule has 0 aliphatic carbocycles. The lowest BCUT2D eigenvalue weighted by molar-refractivity contribution is -0.121. The Balaban J connectivity index is 1.51. The Morgan fingerprint density at radius 1 is 1.30 bits per heavy atom. The summed E-state index contributed by atoms with van der Waals surface area (Å²) in [4.78, 5) is 19.7. The van der Waals surface area contributed by atoms with Gasteiger partial charge in [-0.2, -0.15) is 0 Å². The number of benzene rings is 1. The SMILES string of the molecule is O=C(CCc1nc2ccccc2[nH]1)NC1CCNCC1. The van der Waals surface area contributed by atoms with Crippen LogP contribution in [0.3, 0.4) is 0 Å². The lowest BCUT2D eigenvalue weighted by atomic mass is 10.1. The van der Waals surface area contributed by atoms with Crippen molar-refractivity contribution in [3.63, 3.8) is 0 Å². The minimum absolute atomic E-state index is 0.123. The van der Waals surface area contributed by atoms with Crippen LogP contribution in [-0.2, 0) is 11.2 Å². The summed E-state index contributed by atoms with van der Waals surface area (Å²) in [7, 11) is 0. The highest BCUT2D eigenvalue weighted by atomic mass is 16.1. The van der Waals surface area contributed by atoms with Gasteiger partial charge in [-0.1, -0.05) is 12.1 Å². The predicted molar refractivity (Wildman–Crippen MR) is 78.4 cm³/mol. The molecule has 1 fully saturated rings. The van der Waals surface area contributed by atoms with Crippen LogP contribution >= 0.6 is 0 Å². The van der Waals surface area contributed by atoms with Gasteiger partial charge in [-0.25, -0.2) is 4.98 Å². The summed E-state index contributed by atoms with van der Waals surface area (Å²) in [5.74, 6) is 1.00. The number of piperidine rings is 1. The predicted octanol–water partition coefficient (Wildman–Crippen LogP) is 1.36. The van der Waals surface area contributed by atoms with Crippen LogP contribution in [0.2, 0.25) is 0 Å². The number of aryl methyl sites for hydroxylation is 1. The van der Waals surface area contributed by atoms with Crippen LogP contribution in [0.5, 0.6) is 0 Å². The molecule has 2 heterocycles. The summed E-state index contributed by atoms with van der Waals surface area (Å²) in [6, 6.07) is 8.26. The van der Waals surface area contributed by atoms with E-state index in [2.05, 4.69) is 20.6 Å².